The molecule has 2 aromatic rings. The third-order valence-electron chi connectivity index (χ3n) is 3.43. The summed E-state index contributed by atoms with van der Waals surface area (Å²) in [6.07, 6.45) is -3.38. The van der Waals surface area contributed by atoms with Gasteiger partial charge in [-0.3, -0.25) is 4.57 Å². The number of benzene rings is 1. The largest absolute Gasteiger partial charge is 0.387 e. The molecule has 1 saturated heterocycles. The maximum Gasteiger partial charge on any atom is 0.206 e. The van der Waals surface area contributed by atoms with E-state index in [1.807, 2.05) is 0 Å². The van der Waals surface area contributed by atoms with Gasteiger partial charge < -0.3 is 14.9 Å². The Labute approximate surface area is 148 Å². The molecular formula is C12H10Cl3IN2O3. The number of aliphatic hydroxyl groups is 2. The normalized spacial score (nSPS) is 29.4. The van der Waals surface area contributed by atoms with Gasteiger partial charge in [-0.25, -0.2) is 4.98 Å². The van der Waals surface area contributed by atoms with Gasteiger partial charge in [0.2, 0.25) is 5.28 Å². The van der Waals surface area contributed by atoms with E-state index in [9.17, 15) is 10.2 Å². The SMILES string of the molecule is O[C@@H]1[C@H](O)[C@@H](CI)O[C@H]1n1c(Cl)nc2cc(Cl)c(Cl)cc21. The average Bonchev–Trinajstić information content (AvgIpc) is 2.89. The van der Waals surface area contributed by atoms with Crippen LogP contribution in [0.3, 0.4) is 0 Å². The van der Waals surface area contributed by atoms with E-state index in [4.69, 9.17) is 39.5 Å². The smallest absolute Gasteiger partial charge is 0.206 e. The molecule has 0 bridgehead atoms. The Morgan fingerprint density at radius 2 is 1.86 bits per heavy atom. The molecule has 2 N–H and O–H groups in total. The van der Waals surface area contributed by atoms with E-state index in [0.717, 1.165) is 0 Å². The molecule has 1 aromatic heterocycles. The molecule has 0 spiro atoms. The van der Waals surface area contributed by atoms with Crippen LogP contribution < -0.4 is 0 Å². The molecule has 114 valence electrons. The highest BCUT2D eigenvalue weighted by molar-refractivity contribution is 14.1. The van der Waals surface area contributed by atoms with Crippen LogP contribution in [0.5, 0.6) is 0 Å². The van der Waals surface area contributed by atoms with Crippen molar-refractivity contribution < 1.29 is 14.9 Å². The summed E-state index contributed by atoms with van der Waals surface area (Å²) in [6, 6.07) is 3.20. The zero-order valence-electron chi connectivity index (χ0n) is 10.4. The fraction of sp³-hybridized carbons (Fsp3) is 0.417. The van der Waals surface area contributed by atoms with Crippen LogP contribution in [0.2, 0.25) is 15.3 Å². The molecule has 1 aliphatic rings. The third kappa shape index (κ3) is 2.65. The highest BCUT2D eigenvalue weighted by Crippen LogP contribution is 2.37. The van der Waals surface area contributed by atoms with Crippen LogP contribution in [0, 0.1) is 0 Å². The summed E-state index contributed by atoms with van der Waals surface area (Å²) in [5.41, 5.74) is 1.12. The molecular weight excluding hydrogens is 453 g/mol. The second-order valence-electron chi connectivity index (χ2n) is 4.71. The number of fused-ring (bicyclic) bond motifs is 1. The van der Waals surface area contributed by atoms with Gasteiger partial charge in [0.25, 0.3) is 0 Å². The van der Waals surface area contributed by atoms with E-state index < -0.39 is 24.5 Å². The van der Waals surface area contributed by atoms with Crippen molar-refractivity contribution in [3.63, 3.8) is 0 Å². The number of hydrogen-bond donors (Lipinski definition) is 2. The number of alkyl halides is 1. The highest BCUT2D eigenvalue weighted by atomic mass is 127. The lowest BCUT2D eigenvalue weighted by Gasteiger charge is -2.18. The highest BCUT2D eigenvalue weighted by Gasteiger charge is 2.44. The first-order valence-electron chi connectivity index (χ1n) is 6.04. The molecule has 2 heterocycles. The van der Waals surface area contributed by atoms with E-state index in [-0.39, 0.29) is 5.28 Å². The minimum absolute atomic E-state index is 0.133. The molecule has 0 unspecified atom stereocenters. The first-order chi connectivity index (χ1) is 9.93. The Morgan fingerprint density at radius 1 is 1.19 bits per heavy atom. The van der Waals surface area contributed by atoms with Crippen LogP contribution in [0.1, 0.15) is 6.23 Å². The second kappa shape index (κ2) is 5.99. The lowest BCUT2D eigenvalue weighted by molar-refractivity contribution is -0.0278. The summed E-state index contributed by atoms with van der Waals surface area (Å²) in [5, 5.41) is 21.0. The first-order valence-corrected chi connectivity index (χ1v) is 8.70. The molecule has 9 heteroatoms. The van der Waals surface area contributed by atoms with Gasteiger partial charge in [-0.2, -0.15) is 0 Å². The maximum atomic E-state index is 10.2. The zero-order chi connectivity index (χ0) is 15.3. The molecule has 3 rings (SSSR count). The second-order valence-corrected chi connectivity index (χ2v) is 6.74. The van der Waals surface area contributed by atoms with Gasteiger partial charge in [-0.1, -0.05) is 45.8 Å². The lowest BCUT2D eigenvalue weighted by atomic mass is 10.1. The Kier molecular flexibility index (Phi) is 4.58. The van der Waals surface area contributed by atoms with Gasteiger partial charge in [-0.05, 0) is 23.7 Å². The maximum absolute atomic E-state index is 10.2. The minimum atomic E-state index is -1.10. The van der Waals surface area contributed by atoms with Gasteiger partial charge in [0.1, 0.15) is 12.2 Å². The number of aromatic nitrogens is 2. The van der Waals surface area contributed by atoms with Crippen molar-refractivity contribution in [1.29, 1.82) is 0 Å². The quantitative estimate of drug-likeness (QED) is 0.531. The van der Waals surface area contributed by atoms with Gasteiger partial charge >= 0.3 is 0 Å². The Bertz CT molecular complexity index is 696. The molecule has 4 atom stereocenters. The molecule has 0 saturated carbocycles. The van der Waals surface area contributed by atoms with E-state index >= 15 is 0 Å². The Morgan fingerprint density at radius 3 is 2.48 bits per heavy atom. The van der Waals surface area contributed by atoms with E-state index in [2.05, 4.69) is 27.6 Å². The van der Waals surface area contributed by atoms with Crippen LogP contribution in [0.25, 0.3) is 11.0 Å². The van der Waals surface area contributed by atoms with Crippen molar-refractivity contribution in [1.82, 2.24) is 9.55 Å². The molecule has 1 aliphatic heterocycles. The molecule has 1 fully saturated rings. The fourth-order valence-electron chi connectivity index (χ4n) is 2.37. The first kappa shape index (κ1) is 16.0. The lowest BCUT2D eigenvalue weighted by Crippen LogP contribution is -2.32. The van der Waals surface area contributed by atoms with Crippen molar-refractivity contribution in [2.45, 2.75) is 24.5 Å². The molecule has 0 radical (unpaired) electrons. The number of aliphatic hydroxyl groups excluding tert-OH is 2. The zero-order valence-corrected chi connectivity index (χ0v) is 14.8. The van der Waals surface area contributed by atoms with Crippen LogP contribution in [0.4, 0.5) is 0 Å². The topological polar surface area (TPSA) is 67.5 Å². The van der Waals surface area contributed by atoms with Crippen molar-refractivity contribution >= 4 is 68.4 Å². The summed E-state index contributed by atoms with van der Waals surface area (Å²) in [7, 11) is 0. The monoisotopic (exact) mass is 462 g/mol. The number of imidazole rings is 1. The Hall–Kier alpha value is 0.170. The molecule has 0 amide bonds. The van der Waals surface area contributed by atoms with Gasteiger partial charge in [0.05, 0.1) is 27.2 Å². The van der Waals surface area contributed by atoms with Crippen molar-refractivity contribution in [3.05, 3.63) is 27.5 Å². The van der Waals surface area contributed by atoms with E-state index in [1.165, 1.54) is 4.57 Å². The summed E-state index contributed by atoms with van der Waals surface area (Å²) < 4.78 is 7.75. The minimum Gasteiger partial charge on any atom is -0.387 e. The summed E-state index contributed by atoms with van der Waals surface area (Å²) in [5.74, 6) is 0. The Balaban J connectivity index is 2.12. The van der Waals surface area contributed by atoms with Crippen LogP contribution >= 0.6 is 57.4 Å². The molecule has 0 aliphatic carbocycles. The van der Waals surface area contributed by atoms with E-state index in [0.29, 0.717) is 25.5 Å². The summed E-state index contributed by atoms with van der Waals surface area (Å²) in [6.45, 7) is 0. The number of ether oxygens (including phenoxy) is 1. The molecule has 21 heavy (non-hydrogen) atoms. The van der Waals surface area contributed by atoms with E-state index in [1.54, 1.807) is 12.1 Å². The number of nitrogens with zero attached hydrogens (tertiary/aromatic N) is 2. The standard InChI is InChI=1S/C12H10Cl3IN2O3/c13-4-1-6-7(2-5(4)14)18(12(15)17-6)11-10(20)9(19)8(3-16)21-11/h1-2,8-11,19-20H,3H2/t8-,9-,10-,11-/m1/s1. The van der Waals surface area contributed by atoms with Crippen molar-refractivity contribution in [2.24, 2.45) is 0 Å². The predicted molar refractivity (Wildman–Crippen MR) is 89.6 cm³/mol. The number of halogens is 4. The summed E-state index contributed by atoms with van der Waals surface area (Å²) in [4.78, 5) is 4.18. The molecule has 1 aromatic carbocycles. The van der Waals surface area contributed by atoms with Crippen LogP contribution in [-0.2, 0) is 4.74 Å². The van der Waals surface area contributed by atoms with Crippen LogP contribution in [-0.4, -0.2) is 42.5 Å². The molecule has 5 nitrogen and oxygen atoms in total. The van der Waals surface area contributed by atoms with Crippen molar-refractivity contribution in [3.8, 4) is 0 Å². The van der Waals surface area contributed by atoms with Crippen LogP contribution in [0.15, 0.2) is 12.1 Å². The van der Waals surface area contributed by atoms with Gasteiger partial charge in [-0.15, -0.1) is 0 Å². The predicted octanol–water partition coefficient (Wildman–Crippen LogP) is 3.05. The van der Waals surface area contributed by atoms with Gasteiger partial charge in [0.15, 0.2) is 6.23 Å². The van der Waals surface area contributed by atoms with Gasteiger partial charge in [0, 0.05) is 4.43 Å². The fourth-order valence-corrected chi connectivity index (χ4v) is 3.70. The number of hydrogen-bond acceptors (Lipinski definition) is 4. The third-order valence-corrected chi connectivity index (χ3v) is 5.29. The summed E-state index contributed by atoms with van der Waals surface area (Å²) >= 11 is 20.2. The number of rotatable bonds is 2. The van der Waals surface area contributed by atoms with Crippen molar-refractivity contribution in [2.75, 3.05) is 4.43 Å². The average molecular weight is 463 g/mol.